The molecule has 3 aromatic rings. The van der Waals surface area contributed by atoms with E-state index in [9.17, 15) is 4.79 Å². The summed E-state index contributed by atoms with van der Waals surface area (Å²) < 4.78 is 5.35. The zero-order chi connectivity index (χ0) is 21.0. The van der Waals surface area contributed by atoms with Crippen molar-refractivity contribution in [2.45, 2.75) is 48.2 Å². The van der Waals surface area contributed by atoms with Crippen LogP contribution in [-0.2, 0) is 4.74 Å². The Labute approximate surface area is 188 Å². The molecule has 0 unspecified atom stereocenters. The van der Waals surface area contributed by atoms with Crippen LogP contribution in [0.3, 0.4) is 0 Å². The summed E-state index contributed by atoms with van der Waals surface area (Å²) in [6.45, 7) is 0. The van der Waals surface area contributed by atoms with Crippen molar-refractivity contribution in [2.75, 3.05) is 7.11 Å². The molecular formula is C28H28O2S. The lowest BCUT2D eigenvalue weighted by Crippen LogP contribution is -2.48. The Hall–Kier alpha value is -2.26. The fourth-order valence-electron chi connectivity index (χ4n) is 6.79. The van der Waals surface area contributed by atoms with Gasteiger partial charge < -0.3 is 4.74 Å². The summed E-state index contributed by atoms with van der Waals surface area (Å²) in [5.41, 5.74) is 3.05. The van der Waals surface area contributed by atoms with Crippen molar-refractivity contribution < 1.29 is 9.53 Å². The van der Waals surface area contributed by atoms with Crippen molar-refractivity contribution in [1.82, 2.24) is 0 Å². The van der Waals surface area contributed by atoms with Crippen LogP contribution in [0.25, 0.3) is 21.9 Å². The molecule has 0 radical (unpaired) electrons. The minimum atomic E-state index is -0.293. The molecule has 0 saturated heterocycles. The lowest BCUT2D eigenvalue weighted by Gasteiger charge is -2.56. The van der Waals surface area contributed by atoms with Gasteiger partial charge in [0.1, 0.15) is 0 Å². The Kier molecular flexibility index (Phi) is 4.64. The van der Waals surface area contributed by atoms with Crippen molar-refractivity contribution in [1.29, 1.82) is 0 Å². The summed E-state index contributed by atoms with van der Waals surface area (Å²) in [5.74, 6) is 2.69. The van der Waals surface area contributed by atoms with E-state index < -0.39 is 0 Å². The van der Waals surface area contributed by atoms with Crippen LogP contribution in [0.5, 0.6) is 0 Å². The lowest BCUT2D eigenvalue weighted by atomic mass is 9.56. The molecule has 7 rings (SSSR count). The van der Waals surface area contributed by atoms with E-state index in [-0.39, 0.29) is 5.97 Å². The number of hydrogen-bond donors (Lipinski definition) is 0. The van der Waals surface area contributed by atoms with E-state index in [1.165, 1.54) is 61.7 Å². The summed E-state index contributed by atoms with van der Waals surface area (Å²) in [4.78, 5) is 13.2. The number of benzene rings is 3. The molecular weight excluding hydrogens is 400 g/mol. The maximum atomic E-state index is 11.8. The Morgan fingerprint density at radius 2 is 1.39 bits per heavy atom. The Morgan fingerprint density at radius 3 is 2.03 bits per heavy atom. The van der Waals surface area contributed by atoms with Gasteiger partial charge in [-0.2, -0.15) is 0 Å². The first-order valence-corrected chi connectivity index (χ1v) is 12.3. The molecule has 0 aromatic heterocycles. The Balaban J connectivity index is 1.22. The molecule has 0 aliphatic heterocycles. The number of rotatable bonds is 4. The molecule has 3 heteroatoms. The first-order chi connectivity index (χ1) is 15.1. The standard InChI is InChI=1S/C28H28O2S/c1-30-27(29)25-5-4-23-13-22(2-3-24(23)14-25)21-6-8-26(9-7-21)31-28-15-18-10-19(16-28)12-20(11-18)17-28/h2-9,13-14,18-20H,10-12,15-17H2,1H3. The van der Waals surface area contributed by atoms with Crippen molar-refractivity contribution in [3.05, 3.63) is 66.2 Å². The third-order valence-electron chi connectivity index (χ3n) is 7.77. The number of carbonyl (C=O) groups is 1. The molecule has 4 fully saturated rings. The molecule has 4 aliphatic carbocycles. The molecule has 3 aromatic carbocycles. The second kappa shape index (κ2) is 7.41. The van der Waals surface area contributed by atoms with Crippen molar-refractivity contribution in [2.24, 2.45) is 17.8 Å². The van der Waals surface area contributed by atoms with E-state index in [0.717, 1.165) is 28.5 Å². The number of fused-ring (bicyclic) bond motifs is 1. The summed E-state index contributed by atoms with van der Waals surface area (Å²) in [5, 5.41) is 2.19. The highest BCUT2D eigenvalue weighted by atomic mass is 32.2. The second-order valence-corrected chi connectivity index (χ2v) is 11.5. The molecule has 0 atom stereocenters. The smallest absolute Gasteiger partial charge is 0.337 e. The quantitative estimate of drug-likeness (QED) is 0.406. The fourth-order valence-corrected chi connectivity index (χ4v) is 8.52. The van der Waals surface area contributed by atoms with Gasteiger partial charge in [-0.25, -0.2) is 4.79 Å². The number of thioether (sulfide) groups is 1. The van der Waals surface area contributed by atoms with Crippen LogP contribution < -0.4 is 0 Å². The van der Waals surface area contributed by atoms with E-state index in [1.54, 1.807) is 0 Å². The van der Waals surface area contributed by atoms with Crippen molar-refractivity contribution in [3.63, 3.8) is 0 Å². The second-order valence-electron chi connectivity index (χ2n) is 10.00. The number of hydrogen-bond acceptors (Lipinski definition) is 3. The first-order valence-electron chi connectivity index (χ1n) is 11.5. The monoisotopic (exact) mass is 428 g/mol. The zero-order valence-corrected chi connectivity index (χ0v) is 18.8. The number of ether oxygens (including phenoxy) is 1. The molecule has 4 aliphatic rings. The molecule has 0 spiro atoms. The number of esters is 1. The fraction of sp³-hybridized carbons (Fsp3) is 0.393. The average Bonchev–Trinajstić information content (AvgIpc) is 2.77. The largest absolute Gasteiger partial charge is 0.465 e. The molecule has 31 heavy (non-hydrogen) atoms. The highest BCUT2D eigenvalue weighted by molar-refractivity contribution is 8.00. The zero-order valence-electron chi connectivity index (χ0n) is 18.0. The van der Waals surface area contributed by atoms with Gasteiger partial charge in [-0.15, -0.1) is 11.8 Å². The average molecular weight is 429 g/mol. The third kappa shape index (κ3) is 3.57. The van der Waals surface area contributed by atoms with Gasteiger partial charge in [-0.1, -0.05) is 30.3 Å². The highest BCUT2D eigenvalue weighted by Crippen LogP contribution is 2.61. The maximum absolute atomic E-state index is 11.8. The van der Waals surface area contributed by atoms with Crippen LogP contribution in [0.1, 0.15) is 48.9 Å². The first kappa shape index (κ1) is 19.4. The molecule has 0 N–H and O–H groups in total. The van der Waals surface area contributed by atoms with Crippen LogP contribution in [0.15, 0.2) is 65.6 Å². The van der Waals surface area contributed by atoms with Gasteiger partial charge in [0.2, 0.25) is 0 Å². The third-order valence-corrected chi connectivity index (χ3v) is 9.21. The minimum Gasteiger partial charge on any atom is -0.465 e. The molecule has 0 heterocycles. The summed E-state index contributed by atoms with van der Waals surface area (Å²) in [6, 6.07) is 21.4. The predicted molar refractivity (Wildman–Crippen MR) is 127 cm³/mol. The number of methoxy groups -OCH3 is 1. The van der Waals surface area contributed by atoms with Crippen LogP contribution in [0, 0.1) is 17.8 Å². The predicted octanol–water partition coefficient (Wildman–Crippen LogP) is 7.35. The van der Waals surface area contributed by atoms with Crippen molar-refractivity contribution >= 4 is 28.5 Å². The van der Waals surface area contributed by atoms with Gasteiger partial charge in [0, 0.05) is 9.64 Å². The molecule has 158 valence electrons. The molecule has 4 saturated carbocycles. The van der Waals surface area contributed by atoms with E-state index >= 15 is 0 Å². The van der Waals surface area contributed by atoms with Gasteiger partial charge in [-0.3, -0.25) is 0 Å². The molecule has 0 amide bonds. The lowest BCUT2D eigenvalue weighted by molar-refractivity contribution is 0.0383. The van der Waals surface area contributed by atoms with E-state index in [0.29, 0.717) is 10.3 Å². The van der Waals surface area contributed by atoms with E-state index in [1.807, 2.05) is 18.2 Å². The van der Waals surface area contributed by atoms with Crippen molar-refractivity contribution in [3.8, 4) is 11.1 Å². The SMILES string of the molecule is COC(=O)c1ccc2cc(-c3ccc(SC45CC6CC(CC(C6)C4)C5)cc3)ccc2c1. The Morgan fingerprint density at radius 1 is 0.806 bits per heavy atom. The summed E-state index contributed by atoms with van der Waals surface area (Å²) in [6.07, 6.45) is 8.81. The highest BCUT2D eigenvalue weighted by Gasteiger charge is 2.51. The van der Waals surface area contributed by atoms with Gasteiger partial charge >= 0.3 is 5.97 Å². The molecule has 2 nitrogen and oxygen atoms in total. The number of carbonyl (C=O) groups excluding carboxylic acids is 1. The summed E-state index contributed by atoms with van der Waals surface area (Å²) in [7, 11) is 1.42. The van der Waals surface area contributed by atoms with Gasteiger partial charge in [-0.05, 0) is 109 Å². The normalized spacial score (nSPS) is 28.7. The van der Waals surface area contributed by atoms with Crippen LogP contribution in [0.4, 0.5) is 0 Å². The van der Waals surface area contributed by atoms with E-state index in [4.69, 9.17) is 4.74 Å². The topological polar surface area (TPSA) is 26.3 Å². The van der Waals surface area contributed by atoms with Crippen LogP contribution in [0.2, 0.25) is 0 Å². The van der Waals surface area contributed by atoms with Crippen LogP contribution in [-0.4, -0.2) is 17.8 Å². The van der Waals surface area contributed by atoms with Gasteiger partial charge in [0.25, 0.3) is 0 Å². The van der Waals surface area contributed by atoms with Gasteiger partial charge in [0.05, 0.1) is 12.7 Å². The van der Waals surface area contributed by atoms with Crippen LogP contribution >= 0.6 is 11.8 Å². The van der Waals surface area contributed by atoms with Gasteiger partial charge in [0.15, 0.2) is 0 Å². The van der Waals surface area contributed by atoms with E-state index in [2.05, 4.69) is 54.2 Å². The summed E-state index contributed by atoms with van der Waals surface area (Å²) >= 11 is 2.17. The Bertz CT molecular complexity index is 1110. The maximum Gasteiger partial charge on any atom is 0.337 e. The minimum absolute atomic E-state index is 0.293. The molecule has 4 bridgehead atoms.